The molecule has 0 aromatic carbocycles. The molecule has 3 aromatic rings. The SMILES string of the molecule is Cc1cn2c3nc(ccc13)CCCCCC(=O)c1nn(cc(O)c1=O)CCCCC2. The van der Waals surface area contributed by atoms with Crippen molar-refractivity contribution in [2.24, 2.45) is 0 Å². The van der Waals surface area contributed by atoms with Gasteiger partial charge < -0.3 is 9.67 Å². The number of hydrogen-bond acceptors (Lipinski definition) is 5. The van der Waals surface area contributed by atoms with Gasteiger partial charge >= 0.3 is 0 Å². The van der Waals surface area contributed by atoms with Crippen molar-refractivity contribution in [1.82, 2.24) is 19.3 Å². The maximum absolute atomic E-state index is 12.5. The first-order chi connectivity index (χ1) is 14.5. The fourth-order valence-electron chi connectivity index (χ4n) is 4.13. The Morgan fingerprint density at radius 1 is 0.933 bits per heavy atom. The van der Waals surface area contributed by atoms with Gasteiger partial charge in [-0.15, -0.1) is 0 Å². The van der Waals surface area contributed by atoms with E-state index in [-0.39, 0.29) is 17.9 Å². The Balaban J connectivity index is 1.57. The Hall–Kier alpha value is -2.96. The highest BCUT2D eigenvalue weighted by Crippen LogP contribution is 2.21. The molecule has 1 aliphatic rings. The zero-order chi connectivity index (χ0) is 21.1. The minimum Gasteiger partial charge on any atom is -0.503 e. The molecule has 0 unspecified atom stereocenters. The van der Waals surface area contributed by atoms with Gasteiger partial charge in [0, 0.05) is 36.8 Å². The van der Waals surface area contributed by atoms with Crippen molar-refractivity contribution in [2.45, 2.75) is 71.4 Å². The van der Waals surface area contributed by atoms with E-state index in [9.17, 15) is 14.7 Å². The summed E-state index contributed by atoms with van der Waals surface area (Å²) in [6.07, 6.45) is 9.94. The number of rotatable bonds is 0. The summed E-state index contributed by atoms with van der Waals surface area (Å²) in [4.78, 5) is 29.5. The zero-order valence-corrected chi connectivity index (χ0v) is 17.4. The van der Waals surface area contributed by atoms with E-state index in [0.29, 0.717) is 13.0 Å². The highest BCUT2D eigenvalue weighted by Gasteiger charge is 2.16. The van der Waals surface area contributed by atoms with Crippen LogP contribution in [-0.2, 0) is 19.5 Å². The van der Waals surface area contributed by atoms with Gasteiger partial charge in [0.1, 0.15) is 5.65 Å². The molecule has 4 heterocycles. The van der Waals surface area contributed by atoms with Crippen molar-refractivity contribution >= 4 is 16.8 Å². The fourth-order valence-corrected chi connectivity index (χ4v) is 4.13. The second kappa shape index (κ2) is 8.81. The minimum atomic E-state index is -0.668. The van der Waals surface area contributed by atoms with Crippen LogP contribution in [0.15, 0.2) is 29.3 Å². The van der Waals surface area contributed by atoms with Gasteiger partial charge in [0.2, 0.25) is 0 Å². The Bertz CT molecular complexity index is 1130. The van der Waals surface area contributed by atoms with Gasteiger partial charge in [-0.3, -0.25) is 14.3 Å². The summed E-state index contributed by atoms with van der Waals surface area (Å²) in [5.41, 5.74) is 2.56. The third kappa shape index (κ3) is 4.30. The van der Waals surface area contributed by atoms with E-state index in [1.165, 1.54) is 21.8 Å². The largest absolute Gasteiger partial charge is 0.503 e. The fraction of sp³-hybridized carbons (Fsp3) is 0.478. The summed E-state index contributed by atoms with van der Waals surface area (Å²) < 4.78 is 3.77. The quantitative estimate of drug-likeness (QED) is 0.611. The molecule has 0 spiro atoms. The molecular weight excluding hydrogens is 380 g/mol. The number of nitrogens with zero attached hydrogens (tertiary/aromatic N) is 4. The van der Waals surface area contributed by atoms with E-state index in [0.717, 1.165) is 56.4 Å². The lowest BCUT2D eigenvalue weighted by atomic mass is 10.1. The number of ketones is 1. The van der Waals surface area contributed by atoms with Crippen LogP contribution in [0.25, 0.3) is 11.0 Å². The number of carbonyl (C=O) groups is 1. The first-order valence-electron chi connectivity index (χ1n) is 10.8. The van der Waals surface area contributed by atoms with Crippen molar-refractivity contribution < 1.29 is 9.90 Å². The van der Waals surface area contributed by atoms with E-state index >= 15 is 0 Å². The van der Waals surface area contributed by atoms with Gasteiger partial charge in [0.25, 0.3) is 5.43 Å². The average molecular weight is 409 g/mol. The molecule has 7 nitrogen and oxygen atoms in total. The normalized spacial score (nSPS) is 16.5. The van der Waals surface area contributed by atoms with Crippen LogP contribution in [0, 0.1) is 6.92 Å². The van der Waals surface area contributed by atoms with Crippen molar-refractivity contribution in [2.75, 3.05) is 0 Å². The Kier molecular flexibility index (Phi) is 5.97. The molecule has 4 bridgehead atoms. The maximum atomic E-state index is 12.5. The molecule has 1 aliphatic heterocycles. The van der Waals surface area contributed by atoms with Crippen molar-refractivity contribution in [3.63, 3.8) is 0 Å². The van der Waals surface area contributed by atoms with Crippen LogP contribution in [-0.4, -0.2) is 30.2 Å². The molecule has 0 saturated heterocycles. The third-order valence-electron chi connectivity index (χ3n) is 5.81. The second-order valence-electron chi connectivity index (χ2n) is 8.18. The molecule has 158 valence electrons. The molecule has 0 aliphatic carbocycles. The van der Waals surface area contributed by atoms with Crippen LogP contribution in [0.3, 0.4) is 0 Å². The van der Waals surface area contributed by atoms with E-state index in [2.05, 4.69) is 34.9 Å². The zero-order valence-electron chi connectivity index (χ0n) is 17.4. The Morgan fingerprint density at radius 3 is 2.57 bits per heavy atom. The molecule has 4 rings (SSSR count). The molecule has 1 N–H and O–H groups in total. The maximum Gasteiger partial charge on any atom is 0.252 e. The van der Waals surface area contributed by atoms with E-state index in [1.807, 2.05) is 0 Å². The lowest BCUT2D eigenvalue weighted by Gasteiger charge is -2.10. The number of fused-ring (bicyclic) bond motifs is 3. The minimum absolute atomic E-state index is 0.143. The molecule has 0 saturated carbocycles. The van der Waals surface area contributed by atoms with Crippen molar-refractivity contribution in [1.29, 1.82) is 0 Å². The summed E-state index contributed by atoms with van der Waals surface area (Å²) in [6.45, 7) is 3.58. The summed E-state index contributed by atoms with van der Waals surface area (Å²) >= 11 is 0. The van der Waals surface area contributed by atoms with E-state index in [1.54, 1.807) is 0 Å². The van der Waals surface area contributed by atoms with Crippen LogP contribution in [0.2, 0.25) is 0 Å². The predicted molar refractivity (Wildman–Crippen MR) is 115 cm³/mol. The molecule has 0 atom stereocenters. The predicted octanol–water partition coefficient (Wildman–Crippen LogP) is 3.78. The van der Waals surface area contributed by atoms with Crippen molar-refractivity contribution in [3.05, 3.63) is 51.7 Å². The standard InChI is InChI=1S/C23H28N4O3/c1-16-14-26-12-6-3-7-13-27-15-20(29)22(30)21(25-27)19(28)9-5-2-4-8-17-10-11-18(16)23(26)24-17/h10-11,14-15,29H,2-9,12-13H2,1H3. The molecular formula is C23H28N4O3. The Labute approximate surface area is 175 Å². The number of pyridine rings is 1. The molecule has 3 aromatic heterocycles. The van der Waals surface area contributed by atoms with Gasteiger partial charge in [-0.2, -0.15) is 5.10 Å². The highest BCUT2D eigenvalue weighted by molar-refractivity contribution is 5.94. The number of aromatic nitrogens is 4. The lowest BCUT2D eigenvalue weighted by Crippen LogP contribution is -2.22. The molecule has 30 heavy (non-hydrogen) atoms. The molecule has 0 radical (unpaired) electrons. The summed E-state index contributed by atoms with van der Waals surface area (Å²) in [7, 11) is 0. The van der Waals surface area contributed by atoms with Gasteiger partial charge in [-0.1, -0.05) is 6.42 Å². The summed E-state index contributed by atoms with van der Waals surface area (Å²) in [5, 5.41) is 15.4. The van der Waals surface area contributed by atoms with E-state index in [4.69, 9.17) is 4.98 Å². The Morgan fingerprint density at radius 2 is 1.70 bits per heavy atom. The topological polar surface area (TPSA) is 90.0 Å². The van der Waals surface area contributed by atoms with Crippen LogP contribution < -0.4 is 5.43 Å². The van der Waals surface area contributed by atoms with Gasteiger partial charge in [0.05, 0.1) is 6.20 Å². The average Bonchev–Trinajstić information content (AvgIpc) is 3.04. The lowest BCUT2D eigenvalue weighted by molar-refractivity contribution is 0.0970. The number of aromatic hydroxyl groups is 1. The summed E-state index contributed by atoms with van der Waals surface area (Å²) in [5.74, 6) is -0.698. The van der Waals surface area contributed by atoms with Gasteiger partial charge in [-0.25, -0.2) is 4.98 Å². The number of hydrogen-bond donors (Lipinski definition) is 1. The van der Waals surface area contributed by atoms with Crippen LogP contribution in [0.4, 0.5) is 0 Å². The monoisotopic (exact) mass is 408 g/mol. The first kappa shape index (κ1) is 20.3. The van der Waals surface area contributed by atoms with E-state index < -0.39 is 11.2 Å². The van der Waals surface area contributed by atoms with Crippen LogP contribution >= 0.6 is 0 Å². The van der Waals surface area contributed by atoms with Crippen LogP contribution in [0.1, 0.15) is 66.7 Å². The second-order valence-corrected chi connectivity index (χ2v) is 8.18. The first-order valence-corrected chi connectivity index (χ1v) is 10.8. The summed E-state index contributed by atoms with van der Waals surface area (Å²) in [6, 6.07) is 4.27. The number of carbonyl (C=O) groups excluding carboxylic acids is 1. The van der Waals surface area contributed by atoms with Gasteiger partial charge in [0.15, 0.2) is 17.2 Å². The van der Waals surface area contributed by atoms with Gasteiger partial charge in [-0.05, 0) is 63.1 Å². The van der Waals surface area contributed by atoms with Crippen molar-refractivity contribution in [3.8, 4) is 5.75 Å². The van der Waals surface area contributed by atoms with Crippen LogP contribution in [0.5, 0.6) is 5.75 Å². The smallest absolute Gasteiger partial charge is 0.252 e. The molecule has 0 fully saturated rings. The molecule has 0 amide bonds. The third-order valence-corrected chi connectivity index (χ3v) is 5.81. The highest BCUT2D eigenvalue weighted by atomic mass is 16.3. The molecule has 7 heteroatoms. The number of Topliss-reactive ketones (excluding diaryl/α,β-unsaturated/α-hetero) is 1. The number of aryl methyl sites for hydroxylation is 4.